The van der Waals surface area contributed by atoms with Crippen LogP contribution in [0.1, 0.15) is 418 Å². The maximum absolute atomic E-state index is 12.5. The third-order valence-electron chi connectivity index (χ3n) is 17.3. The van der Waals surface area contributed by atoms with Gasteiger partial charge in [0.05, 0.1) is 25.4 Å². The van der Waals surface area contributed by atoms with Gasteiger partial charge in [-0.3, -0.25) is 9.59 Å². The molecule has 0 bridgehead atoms. The minimum absolute atomic E-state index is 0.0211. The molecule has 470 valence electrons. The van der Waals surface area contributed by atoms with Gasteiger partial charge in [0.25, 0.3) is 0 Å². The molecule has 0 rings (SSSR count). The first-order valence-corrected chi connectivity index (χ1v) is 36.5. The zero-order valence-corrected chi connectivity index (χ0v) is 53.9. The number of amides is 1. The van der Waals surface area contributed by atoms with E-state index in [1.54, 1.807) is 6.08 Å². The first-order chi connectivity index (χ1) is 39.0. The zero-order chi connectivity index (χ0) is 57.1. The van der Waals surface area contributed by atoms with Crippen molar-refractivity contribution in [2.24, 2.45) is 0 Å². The van der Waals surface area contributed by atoms with Gasteiger partial charge in [-0.15, -0.1) is 0 Å². The average Bonchev–Trinajstić information content (AvgIpc) is 3.45. The normalized spacial score (nSPS) is 12.5. The lowest BCUT2D eigenvalue weighted by Crippen LogP contribution is -2.45. The van der Waals surface area contributed by atoms with Gasteiger partial charge in [-0.2, -0.15) is 0 Å². The van der Waals surface area contributed by atoms with E-state index in [0.29, 0.717) is 19.4 Å². The molecule has 79 heavy (non-hydrogen) atoms. The number of ether oxygens (including phenoxy) is 1. The molecule has 0 saturated heterocycles. The van der Waals surface area contributed by atoms with Crippen molar-refractivity contribution in [3.05, 3.63) is 12.2 Å². The van der Waals surface area contributed by atoms with Crippen molar-refractivity contribution >= 4 is 11.9 Å². The van der Waals surface area contributed by atoms with Crippen molar-refractivity contribution in [3.63, 3.8) is 0 Å². The smallest absolute Gasteiger partial charge is 0.305 e. The molecule has 0 aromatic carbocycles. The lowest BCUT2D eigenvalue weighted by molar-refractivity contribution is -0.143. The number of rotatable bonds is 69. The van der Waals surface area contributed by atoms with Gasteiger partial charge in [0.1, 0.15) is 0 Å². The quantitative estimate of drug-likeness (QED) is 0.0320. The van der Waals surface area contributed by atoms with Gasteiger partial charge in [0.15, 0.2) is 0 Å². The summed E-state index contributed by atoms with van der Waals surface area (Å²) in [4.78, 5) is 24.6. The Balaban J connectivity index is 3.36. The van der Waals surface area contributed by atoms with E-state index < -0.39 is 12.1 Å². The fraction of sp³-hybridized carbons (Fsp3) is 0.945. The van der Waals surface area contributed by atoms with Crippen LogP contribution >= 0.6 is 0 Å². The number of nitrogens with one attached hydrogen (secondary N) is 1. The van der Waals surface area contributed by atoms with Gasteiger partial charge in [-0.05, 0) is 32.1 Å². The Morgan fingerprint density at radius 3 is 0.861 bits per heavy atom. The average molecular weight is 1110 g/mol. The number of esters is 1. The highest BCUT2D eigenvalue weighted by Crippen LogP contribution is 2.19. The molecular weight excluding hydrogens is 971 g/mol. The van der Waals surface area contributed by atoms with Gasteiger partial charge in [0, 0.05) is 12.8 Å². The van der Waals surface area contributed by atoms with Crippen molar-refractivity contribution < 1.29 is 24.5 Å². The van der Waals surface area contributed by atoms with Gasteiger partial charge >= 0.3 is 5.97 Å². The molecule has 0 radical (unpaired) electrons. The molecule has 0 aliphatic rings. The van der Waals surface area contributed by atoms with Crippen LogP contribution in [-0.4, -0.2) is 47.4 Å². The Morgan fingerprint density at radius 1 is 0.342 bits per heavy atom. The fourth-order valence-electron chi connectivity index (χ4n) is 11.8. The summed E-state index contributed by atoms with van der Waals surface area (Å²) in [6.45, 7) is 4.96. The third kappa shape index (κ3) is 65.6. The largest absolute Gasteiger partial charge is 0.466 e. The molecule has 0 aliphatic heterocycles. The number of aliphatic hydroxyl groups excluding tert-OH is 2. The first-order valence-electron chi connectivity index (χ1n) is 36.5. The first kappa shape index (κ1) is 77.6. The van der Waals surface area contributed by atoms with E-state index in [1.165, 1.54) is 353 Å². The van der Waals surface area contributed by atoms with Crippen molar-refractivity contribution in [2.45, 2.75) is 431 Å². The Hall–Kier alpha value is -1.40. The van der Waals surface area contributed by atoms with Gasteiger partial charge in [0.2, 0.25) is 5.91 Å². The lowest BCUT2D eigenvalue weighted by atomic mass is 10.0. The molecule has 1 amide bonds. The summed E-state index contributed by atoms with van der Waals surface area (Å²) < 4.78 is 5.51. The van der Waals surface area contributed by atoms with Crippen LogP contribution in [0.2, 0.25) is 0 Å². The van der Waals surface area contributed by atoms with Crippen molar-refractivity contribution in [1.82, 2.24) is 5.32 Å². The molecule has 0 aromatic heterocycles. The van der Waals surface area contributed by atoms with Crippen LogP contribution in [0.4, 0.5) is 0 Å². The summed E-state index contributed by atoms with van der Waals surface area (Å²) in [5, 5.41) is 23.2. The number of unbranched alkanes of at least 4 members (excludes halogenated alkanes) is 58. The molecule has 6 heteroatoms. The monoisotopic (exact) mass is 1110 g/mol. The predicted octanol–water partition coefficient (Wildman–Crippen LogP) is 23.5. The highest BCUT2D eigenvalue weighted by atomic mass is 16.5. The van der Waals surface area contributed by atoms with Gasteiger partial charge < -0.3 is 20.3 Å². The molecule has 0 aromatic rings. The van der Waals surface area contributed by atoms with E-state index in [-0.39, 0.29) is 18.5 Å². The molecule has 3 N–H and O–H groups in total. The number of aliphatic hydroxyl groups is 2. The van der Waals surface area contributed by atoms with Crippen LogP contribution < -0.4 is 5.32 Å². The summed E-state index contributed by atoms with van der Waals surface area (Å²) in [5.74, 6) is -0.0405. The third-order valence-corrected chi connectivity index (χ3v) is 17.3. The van der Waals surface area contributed by atoms with Crippen molar-refractivity contribution in [2.75, 3.05) is 13.2 Å². The number of hydrogen-bond acceptors (Lipinski definition) is 5. The summed E-state index contributed by atoms with van der Waals surface area (Å²) in [6.07, 6.45) is 85.8. The SMILES string of the molecule is CCCCCCCCCCCCCCCCCCCC/C=C/C(O)C(CO)NC(=O)CCCCCCCCCCCCCCCCCCCCCCCCCCCOC(=O)CCCCCCCCCCCCCCCCCCC. The highest BCUT2D eigenvalue weighted by molar-refractivity contribution is 5.76. The topological polar surface area (TPSA) is 95.9 Å². The number of carbonyl (C=O) groups is 2. The molecule has 0 heterocycles. The maximum atomic E-state index is 12.5. The lowest BCUT2D eigenvalue weighted by Gasteiger charge is -2.20. The second-order valence-electron chi connectivity index (χ2n) is 25.3. The number of carbonyl (C=O) groups excluding carboxylic acids is 2. The number of allylic oxidation sites excluding steroid dienone is 1. The van der Waals surface area contributed by atoms with Gasteiger partial charge in [-0.25, -0.2) is 0 Å². The molecule has 0 saturated carbocycles. The molecule has 2 atom stereocenters. The minimum atomic E-state index is -0.843. The molecule has 0 spiro atoms. The summed E-state index contributed by atoms with van der Waals surface area (Å²) in [7, 11) is 0. The van der Waals surface area contributed by atoms with Crippen LogP contribution in [0.25, 0.3) is 0 Å². The zero-order valence-electron chi connectivity index (χ0n) is 53.9. The molecule has 6 nitrogen and oxygen atoms in total. The Labute approximate surface area is 495 Å². The Morgan fingerprint density at radius 2 is 0.582 bits per heavy atom. The predicted molar refractivity (Wildman–Crippen MR) is 347 cm³/mol. The number of hydrogen-bond donors (Lipinski definition) is 3. The van der Waals surface area contributed by atoms with Gasteiger partial charge in [-0.1, -0.05) is 386 Å². The van der Waals surface area contributed by atoms with E-state index >= 15 is 0 Å². The second-order valence-corrected chi connectivity index (χ2v) is 25.3. The van der Waals surface area contributed by atoms with Crippen LogP contribution in [0, 0.1) is 0 Å². The molecule has 0 fully saturated rings. The van der Waals surface area contributed by atoms with E-state index in [0.717, 1.165) is 38.5 Å². The second kappa shape index (κ2) is 69.1. The molecular formula is C73H143NO5. The Bertz CT molecular complexity index is 1190. The van der Waals surface area contributed by atoms with Crippen LogP contribution in [0.5, 0.6) is 0 Å². The van der Waals surface area contributed by atoms with E-state index in [1.807, 2.05) is 6.08 Å². The summed E-state index contributed by atoms with van der Waals surface area (Å²) >= 11 is 0. The van der Waals surface area contributed by atoms with Crippen LogP contribution in [-0.2, 0) is 14.3 Å². The van der Waals surface area contributed by atoms with E-state index in [2.05, 4.69) is 19.2 Å². The molecule has 0 aliphatic carbocycles. The van der Waals surface area contributed by atoms with Crippen molar-refractivity contribution in [3.8, 4) is 0 Å². The summed E-state index contributed by atoms with van der Waals surface area (Å²) in [5.41, 5.74) is 0. The Kier molecular flexibility index (Phi) is 67.9. The maximum Gasteiger partial charge on any atom is 0.305 e. The van der Waals surface area contributed by atoms with Crippen LogP contribution in [0.15, 0.2) is 12.2 Å². The molecule has 2 unspecified atom stereocenters. The van der Waals surface area contributed by atoms with Crippen LogP contribution in [0.3, 0.4) is 0 Å². The summed E-state index contributed by atoms with van der Waals surface area (Å²) in [6, 6.07) is -0.627. The van der Waals surface area contributed by atoms with E-state index in [9.17, 15) is 19.8 Å². The standard InChI is InChI=1S/C73H143NO5/c1-3-5-7-9-11-13-15-17-19-21-22-30-34-37-41-45-49-53-57-61-65-71(76)70(69-75)74-72(77)66-62-58-54-50-46-42-38-35-31-28-26-24-23-25-27-29-32-36-40-44-48-52-56-60-64-68-79-73(78)67-63-59-55-51-47-43-39-33-20-18-16-14-12-10-8-6-4-2/h61,65,70-71,75-76H,3-60,62-64,66-69H2,1-2H3,(H,74,77)/b65-61+. The van der Waals surface area contributed by atoms with Crippen molar-refractivity contribution in [1.29, 1.82) is 0 Å². The minimum Gasteiger partial charge on any atom is -0.466 e. The van der Waals surface area contributed by atoms with E-state index in [4.69, 9.17) is 4.74 Å². The highest BCUT2D eigenvalue weighted by Gasteiger charge is 2.18. The fourth-order valence-corrected chi connectivity index (χ4v) is 11.8.